The molecule has 1 fully saturated rings. The van der Waals surface area contributed by atoms with Gasteiger partial charge in [-0.15, -0.1) is 0 Å². The number of ether oxygens (including phenoxy) is 1. The topological polar surface area (TPSA) is 66.8 Å². The highest BCUT2D eigenvalue weighted by atomic mass is 16.5. The van der Waals surface area contributed by atoms with Gasteiger partial charge in [0.05, 0.1) is 18.2 Å². The monoisotopic (exact) mass is 491 g/mol. The summed E-state index contributed by atoms with van der Waals surface area (Å²) in [6, 6.07) is 27.5. The minimum Gasteiger partial charge on any atom is -0.507 e. The van der Waals surface area contributed by atoms with Crippen LogP contribution in [0.25, 0.3) is 16.5 Å². The predicted molar refractivity (Wildman–Crippen MR) is 147 cm³/mol. The Kier molecular flexibility index (Phi) is 6.53. The van der Waals surface area contributed by atoms with E-state index in [0.717, 1.165) is 21.9 Å². The molecule has 0 spiro atoms. The van der Waals surface area contributed by atoms with Crippen molar-refractivity contribution in [1.82, 2.24) is 0 Å². The highest BCUT2D eigenvalue weighted by Crippen LogP contribution is 2.43. The lowest BCUT2D eigenvalue weighted by Crippen LogP contribution is -2.29. The number of aliphatic hydroxyl groups is 1. The number of Topliss-reactive ketones (excluding diaryl/α,β-unsaturated/α-hetero) is 1. The summed E-state index contributed by atoms with van der Waals surface area (Å²) in [6.07, 6.45) is 0. The van der Waals surface area contributed by atoms with Gasteiger partial charge in [-0.25, -0.2) is 0 Å². The molecular weight excluding hydrogens is 462 g/mol. The van der Waals surface area contributed by atoms with Gasteiger partial charge in [0.25, 0.3) is 11.7 Å². The number of hydrogen-bond acceptors (Lipinski definition) is 4. The lowest BCUT2D eigenvalue weighted by atomic mass is 9.92. The first-order valence-electron chi connectivity index (χ1n) is 12.5. The minimum atomic E-state index is -0.794. The number of aliphatic hydroxyl groups excluding tert-OH is 1. The molecule has 0 radical (unpaired) electrons. The van der Waals surface area contributed by atoms with Crippen LogP contribution >= 0.6 is 0 Å². The van der Waals surface area contributed by atoms with Crippen molar-refractivity contribution in [2.45, 2.75) is 32.7 Å². The molecule has 4 aromatic rings. The third-order valence-electron chi connectivity index (χ3n) is 6.81. The second-order valence-corrected chi connectivity index (χ2v) is 9.45. The van der Waals surface area contributed by atoms with E-state index in [1.807, 2.05) is 73.7 Å². The highest BCUT2D eigenvalue weighted by Gasteiger charge is 2.47. The van der Waals surface area contributed by atoms with E-state index in [9.17, 15) is 14.7 Å². The lowest BCUT2D eigenvalue weighted by molar-refractivity contribution is -0.132. The maximum atomic E-state index is 13.6. The molecule has 1 aliphatic rings. The Morgan fingerprint density at radius 2 is 1.62 bits per heavy atom. The number of benzene rings is 4. The van der Waals surface area contributed by atoms with E-state index >= 15 is 0 Å². The van der Waals surface area contributed by atoms with Gasteiger partial charge in [0.1, 0.15) is 11.5 Å². The van der Waals surface area contributed by atoms with E-state index in [0.29, 0.717) is 29.5 Å². The fourth-order valence-corrected chi connectivity index (χ4v) is 4.94. The molecule has 0 aromatic heterocycles. The molecular formula is C32H29NO4. The van der Waals surface area contributed by atoms with E-state index in [2.05, 4.69) is 13.8 Å². The first-order chi connectivity index (χ1) is 17.9. The Morgan fingerprint density at radius 3 is 2.35 bits per heavy atom. The van der Waals surface area contributed by atoms with E-state index in [-0.39, 0.29) is 11.3 Å². The summed E-state index contributed by atoms with van der Waals surface area (Å²) in [4.78, 5) is 28.6. The average molecular weight is 492 g/mol. The Balaban J connectivity index is 1.74. The Labute approximate surface area is 216 Å². The molecule has 0 saturated carbocycles. The molecule has 186 valence electrons. The normalized spacial score (nSPS) is 17.1. The summed E-state index contributed by atoms with van der Waals surface area (Å²) >= 11 is 0. The zero-order chi connectivity index (χ0) is 26.1. The number of hydrogen-bond donors (Lipinski definition) is 1. The number of carbonyl (C=O) groups is 2. The molecule has 5 nitrogen and oxygen atoms in total. The summed E-state index contributed by atoms with van der Waals surface area (Å²) in [5.74, 6) is -0.654. The zero-order valence-corrected chi connectivity index (χ0v) is 21.1. The van der Waals surface area contributed by atoms with Crippen molar-refractivity contribution in [3.8, 4) is 5.75 Å². The molecule has 1 saturated heterocycles. The van der Waals surface area contributed by atoms with E-state index in [1.165, 1.54) is 4.90 Å². The van der Waals surface area contributed by atoms with Gasteiger partial charge >= 0.3 is 0 Å². The SMILES string of the molecule is CCOc1cccc(N2C(=O)C(=O)/C(=C(\O)c3cccc4ccccc34)C2c2ccc(C(C)C)cc2)c1. The van der Waals surface area contributed by atoms with Crippen LogP contribution in [-0.4, -0.2) is 23.4 Å². The van der Waals surface area contributed by atoms with Crippen LogP contribution in [-0.2, 0) is 9.59 Å². The van der Waals surface area contributed by atoms with Gasteiger partial charge in [-0.3, -0.25) is 14.5 Å². The summed E-state index contributed by atoms with van der Waals surface area (Å²) in [5, 5.41) is 13.4. The maximum absolute atomic E-state index is 13.6. The van der Waals surface area contributed by atoms with Crippen molar-refractivity contribution in [3.63, 3.8) is 0 Å². The Bertz CT molecular complexity index is 1510. The first kappa shape index (κ1) is 24.3. The quantitative estimate of drug-likeness (QED) is 0.179. The third kappa shape index (κ3) is 4.38. The summed E-state index contributed by atoms with van der Waals surface area (Å²) in [7, 11) is 0. The second-order valence-electron chi connectivity index (χ2n) is 9.45. The van der Waals surface area contributed by atoms with Crippen molar-refractivity contribution in [2.75, 3.05) is 11.5 Å². The van der Waals surface area contributed by atoms with Gasteiger partial charge in [0.15, 0.2) is 0 Å². The molecule has 1 atom stereocenters. The average Bonchev–Trinajstić information content (AvgIpc) is 3.18. The predicted octanol–water partition coefficient (Wildman–Crippen LogP) is 6.99. The van der Waals surface area contributed by atoms with Crippen molar-refractivity contribution in [3.05, 3.63) is 113 Å². The first-order valence-corrected chi connectivity index (χ1v) is 12.5. The molecule has 1 unspecified atom stereocenters. The minimum absolute atomic E-state index is 0.0699. The van der Waals surface area contributed by atoms with Crippen LogP contribution in [0, 0.1) is 0 Å². The third-order valence-corrected chi connectivity index (χ3v) is 6.81. The number of anilines is 1. The number of nitrogens with zero attached hydrogens (tertiary/aromatic N) is 1. The number of amides is 1. The van der Waals surface area contributed by atoms with E-state index in [1.54, 1.807) is 24.3 Å². The molecule has 5 rings (SSSR count). The van der Waals surface area contributed by atoms with E-state index in [4.69, 9.17) is 4.74 Å². The van der Waals surface area contributed by atoms with E-state index < -0.39 is 17.7 Å². The van der Waals surface area contributed by atoms with Gasteiger partial charge < -0.3 is 9.84 Å². The molecule has 0 aliphatic carbocycles. The van der Waals surface area contributed by atoms with Crippen molar-refractivity contribution in [1.29, 1.82) is 0 Å². The fourth-order valence-electron chi connectivity index (χ4n) is 4.94. The number of fused-ring (bicyclic) bond motifs is 1. The van der Waals surface area contributed by atoms with Crippen LogP contribution in [0.4, 0.5) is 5.69 Å². The molecule has 4 aromatic carbocycles. The summed E-state index contributed by atoms with van der Waals surface area (Å²) in [6.45, 7) is 6.59. The van der Waals surface area contributed by atoms with Gasteiger partial charge in [0.2, 0.25) is 0 Å². The maximum Gasteiger partial charge on any atom is 0.300 e. The molecule has 1 heterocycles. The molecule has 37 heavy (non-hydrogen) atoms. The van der Waals surface area contributed by atoms with Crippen LogP contribution in [0.5, 0.6) is 5.75 Å². The molecule has 1 N–H and O–H groups in total. The number of ketones is 1. The molecule has 1 amide bonds. The van der Waals surface area contributed by atoms with Crippen LogP contribution in [0.1, 0.15) is 49.4 Å². The fraction of sp³-hybridized carbons (Fsp3) is 0.188. The Hall–Kier alpha value is -4.38. The van der Waals surface area contributed by atoms with Crippen molar-refractivity contribution < 1.29 is 19.4 Å². The number of carbonyl (C=O) groups excluding carboxylic acids is 2. The molecule has 5 heteroatoms. The van der Waals surface area contributed by atoms with Gasteiger partial charge in [-0.1, -0.05) is 86.6 Å². The second kappa shape index (κ2) is 9.94. The van der Waals surface area contributed by atoms with Crippen LogP contribution in [0.2, 0.25) is 0 Å². The zero-order valence-electron chi connectivity index (χ0n) is 21.1. The van der Waals surface area contributed by atoms with Crippen molar-refractivity contribution >= 4 is 33.9 Å². The standard InChI is InChI=1S/C32H29NO4/c1-4-37-25-12-8-11-24(19-25)33-29(23-17-15-21(16-18-23)20(2)3)28(31(35)32(33)36)30(34)27-14-7-10-22-9-5-6-13-26(22)27/h5-20,29,34H,4H2,1-3H3/b30-28-. The smallest absolute Gasteiger partial charge is 0.300 e. The number of rotatable bonds is 6. The van der Waals surface area contributed by atoms with Crippen LogP contribution < -0.4 is 9.64 Å². The summed E-state index contributed by atoms with van der Waals surface area (Å²) < 4.78 is 5.66. The lowest BCUT2D eigenvalue weighted by Gasteiger charge is -2.26. The van der Waals surface area contributed by atoms with Gasteiger partial charge in [-0.2, -0.15) is 0 Å². The van der Waals surface area contributed by atoms with Crippen LogP contribution in [0.15, 0.2) is 96.6 Å². The molecule has 1 aliphatic heterocycles. The van der Waals surface area contributed by atoms with Gasteiger partial charge in [0, 0.05) is 17.3 Å². The highest BCUT2D eigenvalue weighted by molar-refractivity contribution is 6.51. The van der Waals surface area contributed by atoms with Crippen LogP contribution in [0.3, 0.4) is 0 Å². The summed E-state index contributed by atoms with van der Waals surface area (Å²) in [5.41, 5.74) is 3.01. The van der Waals surface area contributed by atoms with Crippen molar-refractivity contribution in [2.24, 2.45) is 0 Å². The Morgan fingerprint density at radius 1 is 0.919 bits per heavy atom. The molecule has 0 bridgehead atoms. The van der Waals surface area contributed by atoms with Gasteiger partial charge in [-0.05, 0) is 46.9 Å². The largest absolute Gasteiger partial charge is 0.507 e.